The maximum absolute atomic E-state index is 14.1. The van der Waals surface area contributed by atoms with Crippen LogP contribution in [-0.4, -0.2) is 57.7 Å². The number of carbonyl (C=O) groups is 2. The molecule has 2 aliphatic rings. The van der Waals surface area contributed by atoms with E-state index in [0.29, 0.717) is 45.1 Å². The molecule has 4 atom stereocenters. The van der Waals surface area contributed by atoms with Crippen molar-refractivity contribution in [2.75, 3.05) is 35.2 Å². The van der Waals surface area contributed by atoms with E-state index in [9.17, 15) is 14.7 Å². The van der Waals surface area contributed by atoms with E-state index in [0.717, 1.165) is 0 Å². The number of allylic oxidation sites excluding steroid dienone is 2. The molecule has 2 aromatic carbocycles. The van der Waals surface area contributed by atoms with Gasteiger partial charge in [0, 0.05) is 29.5 Å². The van der Waals surface area contributed by atoms with Gasteiger partial charge in [0.2, 0.25) is 18.3 Å². The lowest BCUT2D eigenvalue weighted by Crippen LogP contribution is -2.47. The van der Waals surface area contributed by atoms with Crippen LogP contribution in [0.5, 0.6) is 34.5 Å². The minimum absolute atomic E-state index is 0.0440. The molecule has 0 saturated carbocycles. The van der Waals surface area contributed by atoms with Crippen LogP contribution in [0.4, 0.5) is 0 Å². The molecule has 1 aliphatic heterocycles. The number of ether oxygens (including phenoxy) is 7. The van der Waals surface area contributed by atoms with E-state index in [1.54, 1.807) is 45.9 Å². The molecule has 0 bridgehead atoms. The van der Waals surface area contributed by atoms with Crippen molar-refractivity contribution < 1.29 is 47.9 Å². The Morgan fingerprint density at radius 2 is 1.57 bits per heavy atom. The van der Waals surface area contributed by atoms with Gasteiger partial charge in [-0.15, -0.1) is 0 Å². The molecule has 0 spiro atoms. The number of benzene rings is 2. The number of aliphatic hydroxyl groups is 1. The van der Waals surface area contributed by atoms with Crippen molar-refractivity contribution in [1.82, 2.24) is 0 Å². The lowest BCUT2D eigenvalue weighted by atomic mass is 9.65. The van der Waals surface area contributed by atoms with E-state index < -0.39 is 29.5 Å². The molecular weight excluding hydrogens is 520 g/mol. The van der Waals surface area contributed by atoms with Gasteiger partial charge in [0.1, 0.15) is 6.10 Å². The van der Waals surface area contributed by atoms with Gasteiger partial charge in [-0.05, 0) is 44.0 Å². The van der Waals surface area contributed by atoms with Gasteiger partial charge in [-0.1, -0.05) is 13.0 Å². The molecule has 10 nitrogen and oxygen atoms in total. The van der Waals surface area contributed by atoms with E-state index in [1.165, 1.54) is 35.4 Å². The zero-order chi connectivity index (χ0) is 29.5. The summed E-state index contributed by atoms with van der Waals surface area (Å²) >= 11 is 0. The predicted molar refractivity (Wildman–Crippen MR) is 146 cm³/mol. The van der Waals surface area contributed by atoms with Crippen LogP contribution < -0.4 is 28.4 Å². The van der Waals surface area contributed by atoms with Crippen LogP contribution in [0.2, 0.25) is 0 Å². The van der Waals surface area contributed by atoms with Crippen LogP contribution >= 0.6 is 0 Å². The molecule has 0 radical (unpaired) electrons. The topological polar surface area (TPSA) is 119 Å². The SMILES string of the molecule is CC=C(C)C(=O)[C@H]1c2cc(OC)c(OC)c(OC)c2-c2c(cc3c(c2OC)OCO3)[C@H](OC(C)=O)[C@H](C)[C@]1(C)O. The number of methoxy groups -OCH3 is 4. The van der Waals surface area contributed by atoms with Gasteiger partial charge in [0.15, 0.2) is 28.8 Å². The van der Waals surface area contributed by atoms with Crippen LogP contribution in [-0.2, 0) is 14.3 Å². The third-order valence-electron chi connectivity index (χ3n) is 7.92. The van der Waals surface area contributed by atoms with E-state index in [4.69, 9.17) is 33.2 Å². The fourth-order valence-electron chi connectivity index (χ4n) is 5.64. The third-order valence-corrected chi connectivity index (χ3v) is 7.92. The van der Waals surface area contributed by atoms with Gasteiger partial charge >= 0.3 is 5.97 Å². The molecule has 1 heterocycles. The number of hydrogen-bond donors (Lipinski definition) is 1. The first-order valence-corrected chi connectivity index (χ1v) is 12.9. The quantitative estimate of drug-likeness (QED) is 0.378. The van der Waals surface area contributed by atoms with E-state index in [2.05, 4.69) is 0 Å². The second-order valence-electron chi connectivity index (χ2n) is 10.0. The average Bonchev–Trinajstić information content (AvgIpc) is 3.41. The number of Topliss-reactive ketones (excluding diaryl/α,β-unsaturated/α-hetero) is 1. The largest absolute Gasteiger partial charge is 0.493 e. The minimum Gasteiger partial charge on any atom is -0.493 e. The summed E-state index contributed by atoms with van der Waals surface area (Å²) in [5, 5.41) is 12.3. The normalized spacial score (nSPS) is 23.2. The predicted octanol–water partition coefficient (Wildman–Crippen LogP) is 4.74. The number of carbonyl (C=O) groups excluding carboxylic acids is 2. The molecule has 2 aromatic rings. The number of esters is 1. The van der Waals surface area contributed by atoms with E-state index >= 15 is 0 Å². The highest BCUT2D eigenvalue weighted by Crippen LogP contribution is 2.61. The summed E-state index contributed by atoms with van der Waals surface area (Å²) in [5.74, 6) is -0.986. The standard InChI is InChI=1S/C30H36O10/c1-10-14(2)24(32)23-17-11-19(34-6)26(35-7)28(36-8)21(17)22-18(12-20-27(29(22)37-9)39-13-38-20)25(40-16(4)31)15(3)30(23,5)33/h10-12,15,23,25,33H,13H2,1-9H3/t15-,23+,25+,30-/m0/s1. The monoisotopic (exact) mass is 556 g/mol. The summed E-state index contributed by atoms with van der Waals surface area (Å²) in [4.78, 5) is 26.6. The lowest BCUT2D eigenvalue weighted by molar-refractivity contribution is -0.157. The Morgan fingerprint density at radius 1 is 0.950 bits per heavy atom. The first kappa shape index (κ1) is 29.1. The highest BCUT2D eigenvalue weighted by atomic mass is 16.7. The molecule has 0 fully saturated rings. The Morgan fingerprint density at radius 3 is 2.12 bits per heavy atom. The fraction of sp³-hybridized carbons (Fsp3) is 0.467. The van der Waals surface area contributed by atoms with E-state index in [-0.39, 0.29) is 29.8 Å². The highest BCUT2D eigenvalue weighted by molar-refractivity contribution is 6.03. The number of rotatable bonds is 7. The van der Waals surface area contributed by atoms with Crippen LogP contribution in [0.1, 0.15) is 57.8 Å². The second kappa shape index (κ2) is 10.9. The van der Waals surface area contributed by atoms with Crippen LogP contribution in [0.3, 0.4) is 0 Å². The molecule has 216 valence electrons. The van der Waals surface area contributed by atoms with Crippen molar-refractivity contribution >= 4 is 11.8 Å². The van der Waals surface area contributed by atoms with Crippen LogP contribution in [0.15, 0.2) is 23.8 Å². The van der Waals surface area contributed by atoms with Gasteiger partial charge in [-0.3, -0.25) is 9.59 Å². The third kappa shape index (κ3) is 4.40. The van der Waals surface area contributed by atoms with Crippen molar-refractivity contribution in [3.05, 3.63) is 34.9 Å². The Labute approximate surface area is 233 Å². The average molecular weight is 557 g/mol. The molecular formula is C30H36O10. The summed E-state index contributed by atoms with van der Waals surface area (Å²) in [6, 6.07) is 3.38. The Hall–Kier alpha value is -3.92. The molecule has 1 aliphatic carbocycles. The Kier molecular flexibility index (Phi) is 7.94. The lowest BCUT2D eigenvalue weighted by Gasteiger charge is -2.44. The molecule has 0 amide bonds. The van der Waals surface area contributed by atoms with Gasteiger partial charge in [0.25, 0.3) is 0 Å². The zero-order valence-electron chi connectivity index (χ0n) is 24.3. The fourth-order valence-corrected chi connectivity index (χ4v) is 5.64. The van der Waals surface area contributed by atoms with Gasteiger partial charge in [0.05, 0.1) is 40.0 Å². The van der Waals surface area contributed by atoms with Crippen LogP contribution in [0, 0.1) is 5.92 Å². The van der Waals surface area contributed by atoms with Gasteiger partial charge in [-0.25, -0.2) is 0 Å². The Bertz CT molecular complexity index is 1370. The maximum Gasteiger partial charge on any atom is 0.303 e. The maximum atomic E-state index is 14.1. The van der Waals surface area contributed by atoms with Crippen LogP contribution in [0.25, 0.3) is 11.1 Å². The summed E-state index contributed by atoms with van der Waals surface area (Å²) in [5.41, 5.74) is 0.449. The van der Waals surface area contributed by atoms with Gasteiger partial charge < -0.3 is 38.3 Å². The number of ketones is 1. The summed E-state index contributed by atoms with van der Waals surface area (Å²) < 4.78 is 40.6. The van der Waals surface area contributed by atoms with E-state index in [1.807, 2.05) is 0 Å². The highest BCUT2D eigenvalue weighted by Gasteiger charge is 2.52. The summed E-state index contributed by atoms with van der Waals surface area (Å²) in [6.45, 7) is 8.00. The molecule has 40 heavy (non-hydrogen) atoms. The number of hydrogen-bond acceptors (Lipinski definition) is 10. The molecule has 0 aromatic heterocycles. The molecule has 10 heteroatoms. The summed E-state index contributed by atoms with van der Waals surface area (Å²) in [7, 11) is 5.90. The molecule has 1 N–H and O–H groups in total. The van der Waals surface area contributed by atoms with Gasteiger partial charge in [-0.2, -0.15) is 0 Å². The van der Waals surface area contributed by atoms with Crippen molar-refractivity contribution in [2.24, 2.45) is 5.92 Å². The molecule has 4 rings (SSSR count). The first-order valence-electron chi connectivity index (χ1n) is 12.9. The Balaban J connectivity index is 2.31. The smallest absolute Gasteiger partial charge is 0.303 e. The molecule has 0 saturated heterocycles. The zero-order valence-corrected chi connectivity index (χ0v) is 24.3. The second-order valence-corrected chi connectivity index (χ2v) is 10.0. The first-order chi connectivity index (χ1) is 19.0. The summed E-state index contributed by atoms with van der Waals surface area (Å²) in [6.07, 6.45) is 0.674. The van der Waals surface area contributed by atoms with Crippen molar-refractivity contribution in [3.63, 3.8) is 0 Å². The minimum atomic E-state index is -1.73. The van der Waals surface area contributed by atoms with Crippen molar-refractivity contribution in [2.45, 2.75) is 52.2 Å². The van der Waals surface area contributed by atoms with Crippen molar-refractivity contribution in [3.8, 4) is 45.6 Å². The number of fused-ring (bicyclic) bond motifs is 4. The van der Waals surface area contributed by atoms with Crippen molar-refractivity contribution in [1.29, 1.82) is 0 Å². The molecule has 0 unspecified atom stereocenters.